The Morgan fingerprint density at radius 2 is 2.08 bits per heavy atom. The fourth-order valence-electron chi connectivity index (χ4n) is 1.01. The van der Waals surface area contributed by atoms with Crippen LogP contribution in [0.2, 0.25) is 0 Å². The topological polar surface area (TPSA) is 22.1 Å². The Balaban J connectivity index is 3.32. The van der Waals surface area contributed by atoms with Gasteiger partial charge < -0.3 is 4.74 Å². The Bertz CT molecular complexity index is 315. The molecule has 1 aromatic heterocycles. The number of pyridine rings is 1. The van der Waals surface area contributed by atoms with Crippen LogP contribution in [0.25, 0.3) is 0 Å². The van der Waals surface area contributed by atoms with Gasteiger partial charge in [0.25, 0.3) is 6.43 Å². The highest BCUT2D eigenvalue weighted by Crippen LogP contribution is 2.31. The quantitative estimate of drug-likeness (QED) is 0.670. The molecule has 0 N–H and O–H groups in total. The first-order valence-corrected chi connectivity index (χ1v) is 3.55. The van der Waals surface area contributed by atoms with Crippen LogP contribution in [0.15, 0.2) is 6.20 Å². The number of aromatic nitrogens is 1. The van der Waals surface area contributed by atoms with Crippen LogP contribution in [0.5, 0.6) is 5.75 Å². The van der Waals surface area contributed by atoms with Gasteiger partial charge >= 0.3 is 0 Å². The monoisotopic (exact) mass is 191 g/mol. The molecule has 0 radical (unpaired) electrons. The standard InChI is InChI=1S/C8H8F3NO/c1-4-6(7(9)10)5(13-2)3-12-8(4)11/h3,7H,1-2H3. The fraction of sp³-hybridized carbons (Fsp3) is 0.375. The van der Waals surface area contributed by atoms with E-state index in [1.54, 1.807) is 0 Å². The first kappa shape index (κ1) is 9.83. The van der Waals surface area contributed by atoms with Crippen molar-refractivity contribution in [1.82, 2.24) is 4.98 Å². The van der Waals surface area contributed by atoms with Crippen molar-refractivity contribution in [2.45, 2.75) is 13.3 Å². The summed E-state index contributed by atoms with van der Waals surface area (Å²) in [5.41, 5.74) is -0.607. The van der Waals surface area contributed by atoms with Crippen LogP contribution in [0.4, 0.5) is 13.2 Å². The smallest absolute Gasteiger partial charge is 0.267 e. The van der Waals surface area contributed by atoms with Crippen molar-refractivity contribution in [2.75, 3.05) is 7.11 Å². The van der Waals surface area contributed by atoms with Gasteiger partial charge in [-0.2, -0.15) is 4.39 Å². The molecule has 0 aromatic carbocycles. The summed E-state index contributed by atoms with van der Waals surface area (Å²) in [7, 11) is 1.24. The van der Waals surface area contributed by atoms with Gasteiger partial charge in [-0.25, -0.2) is 13.8 Å². The van der Waals surface area contributed by atoms with Gasteiger partial charge in [-0.05, 0) is 6.92 Å². The molecule has 0 spiro atoms. The van der Waals surface area contributed by atoms with Crippen LogP contribution in [0.1, 0.15) is 17.6 Å². The van der Waals surface area contributed by atoms with Crippen molar-refractivity contribution in [3.8, 4) is 5.75 Å². The van der Waals surface area contributed by atoms with Crippen molar-refractivity contribution >= 4 is 0 Å². The molecule has 13 heavy (non-hydrogen) atoms. The molecular formula is C8H8F3NO. The summed E-state index contributed by atoms with van der Waals surface area (Å²) in [6, 6.07) is 0. The molecule has 0 fully saturated rings. The van der Waals surface area contributed by atoms with Crippen LogP contribution in [-0.2, 0) is 0 Å². The molecule has 0 aliphatic carbocycles. The van der Waals surface area contributed by atoms with Crippen molar-refractivity contribution in [3.63, 3.8) is 0 Å². The minimum Gasteiger partial charge on any atom is -0.495 e. The maximum atomic E-state index is 12.8. The molecule has 2 nitrogen and oxygen atoms in total. The van der Waals surface area contributed by atoms with E-state index < -0.39 is 17.9 Å². The lowest BCUT2D eigenvalue weighted by molar-refractivity contribution is 0.145. The Morgan fingerprint density at radius 3 is 2.54 bits per heavy atom. The number of methoxy groups -OCH3 is 1. The molecule has 1 rings (SSSR count). The molecule has 1 aromatic rings. The number of alkyl halides is 2. The Hall–Kier alpha value is -1.26. The lowest BCUT2D eigenvalue weighted by atomic mass is 10.1. The number of rotatable bonds is 2. The van der Waals surface area contributed by atoms with E-state index in [1.807, 2.05) is 0 Å². The molecule has 5 heteroatoms. The van der Waals surface area contributed by atoms with Gasteiger partial charge in [0.2, 0.25) is 5.95 Å². The largest absolute Gasteiger partial charge is 0.495 e. The van der Waals surface area contributed by atoms with E-state index in [0.717, 1.165) is 6.20 Å². The van der Waals surface area contributed by atoms with Gasteiger partial charge in [-0.3, -0.25) is 0 Å². The lowest BCUT2D eigenvalue weighted by Gasteiger charge is -2.09. The molecule has 0 aliphatic rings. The first-order chi connectivity index (χ1) is 6.07. The van der Waals surface area contributed by atoms with Gasteiger partial charge in [0, 0.05) is 5.56 Å². The highest BCUT2D eigenvalue weighted by molar-refractivity contribution is 5.37. The second-order valence-electron chi connectivity index (χ2n) is 2.46. The number of nitrogens with zero attached hydrogens (tertiary/aromatic N) is 1. The van der Waals surface area contributed by atoms with E-state index in [4.69, 9.17) is 0 Å². The fourth-order valence-corrected chi connectivity index (χ4v) is 1.01. The van der Waals surface area contributed by atoms with Crippen molar-refractivity contribution < 1.29 is 17.9 Å². The maximum Gasteiger partial charge on any atom is 0.267 e. The Kier molecular flexibility index (Phi) is 2.75. The predicted molar refractivity (Wildman–Crippen MR) is 40.4 cm³/mol. The summed E-state index contributed by atoms with van der Waals surface area (Å²) in [5, 5.41) is 0. The summed E-state index contributed by atoms with van der Waals surface area (Å²) < 4.78 is 42.2. The second-order valence-corrected chi connectivity index (χ2v) is 2.46. The molecular weight excluding hydrogens is 183 g/mol. The van der Waals surface area contributed by atoms with Crippen LogP contribution in [0.3, 0.4) is 0 Å². The average molecular weight is 191 g/mol. The lowest BCUT2D eigenvalue weighted by Crippen LogP contribution is -2.00. The van der Waals surface area contributed by atoms with Crippen LogP contribution >= 0.6 is 0 Å². The zero-order valence-electron chi connectivity index (χ0n) is 7.14. The maximum absolute atomic E-state index is 12.8. The minimum atomic E-state index is -2.76. The van der Waals surface area contributed by atoms with E-state index in [0.29, 0.717) is 0 Å². The minimum absolute atomic E-state index is 0.0890. The predicted octanol–water partition coefficient (Wildman–Crippen LogP) is 2.48. The summed E-state index contributed by atoms with van der Waals surface area (Å²) in [6.07, 6.45) is -1.81. The van der Waals surface area contributed by atoms with E-state index in [1.165, 1.54) is 14.0 Å². The SMILES string of the molecule is COc1cnc(F)c(C)c1C(F)F. The average Bonchev–Trinajstić information content (AvgIpc) is 2.08. The second kappa shape index (κ2) is 3.64. The van der Waals surface area contributed by atoms with Crippen LogP contribution in [0, 0.1) is 12.9 Å². The van der Waals surface area contributed by atoms with Crippen molar-refractivity contribution in [1.29, 1.82) is 0 Å². The first-order valence-electron chi connectivity index (χ1n) is 3.55. The summed E-state index contributed by atoms with van der Waals surface area (Å²) in [6.45, 7) is 1.24. The van der Waals surface area contributed by atoms with Crippen LogP contribution < -0.4 is 4.74 Å². The summed E-state index contributed by atoms with van der Waals surface area (Å²) in [5.74, 6) is -0.981. The zero-order valence-corrected chi connectivity index (χ0v) is 7.14. The Labute approximate surface area is 73.4 Å². The molecule has 0 amide bonds. The molecule has 0 atom stereocenters. The van der Waals surface area contributed by atoms with E-state index in [2.05, 4.69) is 9.72 Å². The molecule has 72 valence electrons. The number of halogens is 3. The van der Waals surface area contributed by atoms with E-state index >= 15 is 0 Å². The van der Waals surface area contributed by atoms with Crippen molar-refractivity contribution in [3.05, 3.63) is 23.3 Å². The van der Waals surface area contributed by atoms with Gasteiger partial charge in [-0.1, -0.05) is 0 Å². The third kappa shape index (κ3) is 1.74. The zero-order chi connectivity index (χ0) is 10.0. The van der Waals surface area contributed by atoms with E-state index in [-0.39, 0.29) is 11.3 Å². The van der Waals surface area contributed by atoms with E-state index in [9.17, 15) is 13.2 Å². The third-order valence-electron chi connectivity index (χ3n) is 1.71. The summed E-state index contributed by atoms with van der Waals surface area (Å²) in [4.78, 5) is 3.27. The van der Waals surface area contributed by atoms with Gasteiger partial charge in [0.15, 0.2) is 0 Å². The molecule has 0 bridgehead atoms. The molecule has 0 unspecified atom stereocenters. The number of hydrogen-bond donors (Lipinski definition) is 0. The normalized spacial score (nSPS) is 10.6. The van der Waals surface area contributed by atoms with Gasteiger partial charge in [-0.15, -0.1) is 0 Å². The molecule has 0 aliphatic heterocycles. The third-order valence-corrected chi connectivity index (χ3v) is 1.71. The highest BCUT2D eigenvalue weighted by Gasteiger charge is 2.19. The van der Waals surface area contributed by atoms with Crippen LogP contribution in [-0.4, -0.2) is 12.1 Å². The molecule has 0 saturated carbocycles. The Morgan fingerprint density at radius 1 is 1.46 bits per heavy atom. The highest BCUT2D eigenvalue weighted by atomic mass is 19.3. The number of hydrogen-bond acceptors (Lipinski definition) is 2. The van der Waals surface area contributed by atoms with Gasteiger partial charge in [0.05, 0.1) is 18.9 Å². The van der Waals surface area contributed by atoms with Gasteiger partial charge in [0.1, 0.15) is 5.75 Å². The van der Waals surface area contributed by atoms with Crippen molar-refractivity contribution in [2.24, 2.45) is 0 Å². The molecule has 1 heterocycles. The summed E-state index contributed by atoms with van der Waals surface area (Å²) >= 11 is 0. The molecule has 0 saturated heterocycles. The number of ether oxygens (including phenoxy) is 1.